The SMILES string of the molecule is CC(C)C(O)C1C2(C)CCC(C2)C1(C)C. The lowest BCUT2D eigenvalue weighted by molar-refractivity contribution is -0.0562. The Labute approximate surface area is 94.3 Å². The summed E-state index contributed by atoms with van der Waals surface area (Å²) in [6.45, 7) is 11.4. The molecule has 4 unspecified atom stereocenters. The number of aliphatic hydroxyl groups is 1. The second kappa shape index (κ2) is 3.23. The molecule has 1 heteroatoms. The average molecular weight is 210 g/mol. The third-order valence-electron chi connectivity index (χ3n) is 5.41. The summed E-state index contributed by atoms with van der Waals surface area (Å²) < 4.78 is 0. The van der Waals surface area contributed by atoms with Gasteiger partial charge >= 0.3 is 0 Å². The van der Waals surface area contributed by atoms with Crippen LogP contribution in [0, 0.1) is 28.6 Å². The van der Waals surface area contributed by atoms with Crippen molar-refractivity contribution in [2.24, 2.45) is 28.6 Å². The van der Waals surface area contributed by atoms with Gasteiger partial charge in [-0.15, -0.1) is 0 Å². The molecule has 2 fully saturated rings. The third kappa shape index (κ3) is 1.46. The first-order valence-electron chi connectivity index (χ1n) is 6.47. The van der Waals surface area contributed by atoms with E-state index in [1.807, 2.05) is 0 Å². The molecule has 1 nitrogen and oxygen atoms in total. The predicted molar refractivity (Wildman–Crippen MR) is 63.6 cm³/mol. The van der Waals surface area contributed by atoms with Gasteiger partial charge in [0, 0.05) is 0 Å². The van der Waals surface area contributed by atoms with Crippen molar-refractivity contribution >= 4 is 0 Å². The number of rotatable bonds is 2. The van der Waals surface area contributed by atoms with Gasteiger partial charge < -0.3 is 5.11 Å². The minimum Gasteiger partial charge on any atom is -0.393 e. The van der Waals surface area contributed by atoms with Gasteiger partial charge in [0.05, 0.1) is 6.10 Å². The zero-order chi connectivity index (χ0) is 11.4. The second-order valence-corrected chi connectivity index (χ2v) is 7.13. The Balaban J connectivity index is 2.30. The first-order valence-corrected chi connectivity index (χ1v) is 6.47. The molecule has 0 aliphatic heterocycles. The molecule has 4 atom stereocenters. The van der Waals surface area contributed by atoms with Crippen molar-refractivity contribution in [2.45, 2.75) is 60.0 Å². The molecule has 0 aromatic rings. The molecule has 15 heavy (non-hydrogen) atoms. The van der Waals surface area contributed by atoms with Gasteiger partial charge in [-0.25, -0.2) is 0 Å². The van der Waals surface area contributed by atoms with Crippen LogP contribution in [0.1, 0.15) is 53.9 Å². The molecule has 0 saturated heterocycles. The molecule has 0 radical (unpaired) electrons. The van der Waals surface area contributed by atoms with Crippen LogP contribution in [0.5, 0.6) is 0 Å². The molecule has 0 heterocycles. The molecule has 2 bridgehead atoms. The minimum absolute atomic E-state index is 0.115. The minimum atomic E-state index is -0.115. The Hall–Kier alpha value is -0.0400. The molecule has 88 valence electrons. The number of aliphatic hydroxyl groups excluding tert-OH is 1. The second-order valence-electron chi connectivity index (χ2n) is 7.13. The summed E-state index contributed by atoms with van der Waals surface area (Å²) in [6.07, 6.45) is 3.93. The van der Waals surface area contributed by atoms with Crippen molar-refractivity contribution in [3.05, 3.63) is 0 Å². The topological polar surface area (TPSA) is 20.2 Å². The van der Waals surface area contributed by atoms with Crippen molar-refractivity contribution in [2.75, 3.05) is 0 Å². The van der Waals surface area contributed by atoms with E-state index in [0.29, 0.717) is 22.7 Å². The first kappa shape index (κ1) is 11.4. The normalized spacial score (nSPS) is 45.0. The maximum absolute atomic E-state index is 10.4. The summed E-state index contributed by atoms with van der Waals surface area (Å²) in [7, 11) is 0. The molecule has 2 saturated carbocycles. The van der Waals surface area contributed by atoms with Gasteiger partial charge in [0.25, 0.3) is 0 Å². The monoisotopic (exact) mass is 210 g/mol. The molecule has 0 amide bonds. The molecule has 2 aliphatic rings. The van der Waals surface area contributed by atoms with Crippen LogP contribution in [-0.4, -0.2) is 11.2 Å². The van der Waals surface area contributed by atoms with Crippen LogP contribution in [0.25, 0.3) is 0 Å². The van der Waals surface area contributed by atoms with E-state index in [1.54, 1.807) is 0 Å². The van der Waals surface area contributed by atoms with Crippen LogP contribution >= 0.6 is 0 Å². The van der Waals surface area contributed by atoms with Gasteiger partial charge in [0.1, 0.15) is 0 Å². The highest BCUT2D eigenvalue weighted by Gasteiger charge is 2.61. The zero-order valence-electron chi connectivity index (χ0n) is 10.9. The van der Waals surface area contributed by atoms with Crippen molar-refractivity contribution in [1.82, 2.24) is 0 Å². The zero-order valence-corrected chi connectivity index (χ0v) is 10.9. The Morgan fingerprint density at radius 1 is 1.20 bits per heavy atom. The number of hydrogen-bond donors (Lipinski definition) is 1. The average Bonchev–Trinajstić information content (AvgIpc) is 2.54. The van der Waals surface area contributed by atoms with E-state index in [2.05, 4.69) is 34.6 Å². The molecule has 0 aromatic heterocycles. The summed E-state index contributed by atoms with van der Waals surface area (Å²) in [4.78, 5) is 0. The van der Waals surface area contributed by atoms with Gasteiger partial charge in [-0.3, -0.25) is 0 Å². The van der Waals surface area contributed by atoms with Crippen LogP contribution in [-0.2, 0) is 0 Å². The van der Waals surface area contributed by atoms with Crippen molar-refractivity contribution in [1.29, 1.82) is 0 Å². The van der Waals surface area contributed by atoms with Gasteiger partial charge in [0.2, 0.25) is 0 Å². The highest BCUT2D eigenvalue weighted by atomic mass is 16.3. The molecular weight excluding hydrogens is 184 g/mol. The fraction of sp³-hybridized carbons (Fsp3) is 1.00. The Bertz CT molecular complexity index is 251. The molecule has 1 N–H and O–H groups in total. The fourth-order valence-electron chi connectivity index (χ4n) is 4.58. The summed E-state index contributed by atoms with van der Waals surface area (Å²) in [5.41, 5.74) is 0.758. The van der Waals surface area contributed by atoms with E-state index in [4.69, 9.17) is 0 Å². The molecule has 0 spiro atoms. The quantitative estimate of drug-likeness (QED) is 0.740. The maximum atomic E-state index is 10.4. The fourth-order valence-corrected chi connectivity index (χ4v) is 4.58. The van der Waals surface area contributed by atoms with Gasteiger partial charge in [-0.2, -0.15) is 0 Å². The summed E-state index contributed by atoms with van der Waals surface area (Å²) in [5.74, 6) is 1.75. The largest absolute Gasteiger partial charge is 0.393 e. The van der Waals surface area contributed by atoms with E-state index in [1.165, 1.54) is 19.3 Å². The van der Waals surface area contributed by atoms with Crippen molar-refractivity contribution in [3.63, 3.8) is 0 Å². The summed E-state index contributed by atoms with van der Waals surface area (Å²) >= 11 is 0. The Morgan fingerprint density at radius 2 is 1.80 bits per heavy atom. The highest BCUT2D eigenvalue weighted by molar-refractivity contribution is 5.10. The number of fused-ring (bicyclic) bond motifs is 2. The van der Waals surface area contributed by atoms with E-state index in [-0.39, 0.29) is 6.10 Å². The predicted octanol–water partition coefficient (Wildman–Crippen LogP) is 3.47. The highest BCUT2D eigenvalue weighted by Crippen LogP contribution is 2.67. The number of hydrogen-bond acceptors (Lipinski definition) is 1. The lowest BCUT2D eigenvalue weighted by Crippen LogP contribution is -2.45. The molecule has 2 rings (SSSR count). The first-order chi connectivity index (χ1) is 6.79. The van der Waals surface area contributed by atoms with E-state index in [0.717, 1.165) is 5.92 Å². The maximum Gasteiger partial charge on any atom is 0.0601 e. The van der Waals surface area contributed by atoms with E-state index < -0.39 is 0 Å². The van der Waals surface area contributed by atoms with Gasteiger partial charge in [-0.05, 0) is 47.8 Å². The van der Waals surface area contributed by atoms with Crippen LogP contribution in [0.15, 0.2) is 0 Å². The van der Waals surface area contributed by atoms with Crippen LogP contribution in [0.2, 0.25) is 0 Å². The van der Waals surface area contributed by atoms with Crippen LogP contribution in [0.4, 0.5) is 0 Å². The molecule has 0 aromatic carbocycles. The van der Waals surface area contributed by atoms with Crippen LogP contribution in [0.3, 0.4) is 0 Å². The Kier molecular flexibility index (Phi) is 2.46. The van der Waals surface area contributed by atoms with E-state index in [9.17, 15) is 5.11 Å². The lowest BCUT2D eigenvalue weighted by atomic mass is 9.60. The van der Waals surface area contributed by atoms with Gasteiger partial charge in [-0.1, -0.05) is 34.6 Å². The van der Waals surface area contributed by atoms with Crippen molar-refractivity contribution in [3.8, 4) is 0 Å². The standard InChI is InChI=1S/C14H26O/c1-9(2)11(15)12-13(3,4)10-6-7-14(12,5)8-10/h9-12,15H,6-8H2,1-5H3. The Morgan fingerprint density at radius 3 is 2.20 bits per heavy atom. The van der Waals surface area contributed by atoms with Crippen LogP contribution < -0.4 is 0 Å². The third-order valence-corrected chi connectivity index (χ3v) is 5.41. The van der Waals surface area contributed by atoms with E-state index >= 15 is 0 Å². The molecule has 2 aliphatic carbocycles. The molecular formula is C14H26O. The van der Waals surface area contributed by atoms with Gasteiger partial charge in [0.15, 0.2) is 0 Å². The smallest absolute Gasteiger partial charge is 0.0601 e. The lowest BCUT2D eigenvalue weighted by Gasteiger charge is -2.46. The summed E-state index contributed by atoms with van der Waals surface area (Å²) in [5, 5.41) is 10.4. The summed E-state index contributed by atoms with van der Waals surface area (Å²) in [6, 6.07) is 0. The van der Waals surface area contributed by atoms with Crippen molar-refractivity contribution < 1.29 is 5.11 Å².